The van der Waals surface area contributed by atoms with Gasteiger partial charge in [-0.25, -0.2) is 4.79 Å². The van der Waals surface area contributed by atoms with Gasteiger partial charge in [-0.3, -0.25) is 9.36 Å². The van der Waals surface area contributed by atoms with Crippen molar-refractivity contribution >= 4 is 17.0 Å². The highest BCUT2D eigenvalue weighted by molar-refractivity contribution is 5.80. The van der Waals surface area contributed by atoms with E-state index in [0.29, 0.717) is 24.2 Å². The molecule has 2 aromatic carbocycles. The summed E-state index contributed by atoms with van der Waals surface area (Å²) in [5, 5.41) is 0. The summed E-state index contributed by atoms with van der Waals surface area (Å²) in [6, 6.07) is 12.9. The van der Waals surface area contributed by atoms with E-state index in [1.54, 1.807) is 37.3 Å². The topological polar surface area (TPSA) is 73.9 Å². The van der Waals surface area contributed by atoms with E-state index in [2.05, 4.69) is 0 Å². The van der Waals surface area contributed by atoms with E-state index < -0.39 is 5.76 Å². The summed E-state index contributed by atoms with van der Waals surface area (Å²) in [6.45, 7) is 1.22. The second-order valence-corrected chi connectivity index (χ2v) is 6.89. The summed E-state index contributed by atoms with van der Waals surface area (Å²) in [4.78, 5) is 26.7. The zero-order valence-electron chi connectivity index (χ0n) is 15.9. The number of methoxy groups -OCH3 is 2. The van der Waals surface area contributed by atoms with Crippen LogP contribution in [0.2, 0.25) is 0 Å². The van der Waals surface area contributed by atoms with Crippen LogP contribution in [-0.2, 0) is 11.3 Å². The summed E-state index contributed by atoms with van der Waals surface area (Å²) in [7, 11) is 3.24. The van der Waals surface area contributed by atoms with Crippen LogP contribution in [0.1, 0.15) is 17.9 Å². The first-order valence-electron chi connectivity index (χ1n) is 9.18. The number of nitrogens with zero attached hydrogens (tertiary/aromatic N) is 2. The van der Waals surface area contributed by atoms with Crippen LogP contribution in [0.5, 0.6) is 11.5 Å². The predicted octanol–water partition coefficient (Wildman–Crippen LogP) is 2.63. The molecule has 0 radical (unpaired) electrons. The second kappa shape index (κ2) is 7.42. The molecule has 1 aliphatic heterocycles. The fourth-order valence-electron chi connectivity index (χ4n) is 3.72. The van der Waals surface area contributed by atoms with E-state index in [0.717, 1.165) is 23.5 Å². The van der Waals surface area contributed by atoms with Crippen LogP contribution in [0.25, 0.3) is 11.1 Å². The van der Waals surface area contributed by atoms with Crippen molar-refractivity contribution < 1.29 is 18.7 Å². The molecule has 1 unspecified atom stereocenters. The Morgan fingerprint density at radius 3 is 2.57 bits per heavy atom. The molecular formula is C21H22N2O5. The van der Waals surface area contributed by atoms with E-state index in [1.165, 1.54) is 4.57 Å². The first-order valence-corrected chi connectivity index (χ1v) is 9.18. The number of hydrogen-bond acceptors (Lipinski definition) is 5. The first kappa shape index (κ1) is 18.2. The lowest BCUT2D eigenvalue weighted by Gasteiger charge is -2.17. The minimum atomic E-state index is -0.511. The molecule has 4 rings (SSSR count). The number of amides is 1. The van der Waals surface area contributed by atoms with Gasteiger partial charge in [0.05, 0.1) is 19.7 Å². The van der Waals surface area contributed by atoms with Crippen LogP contribution in [0.3, 0.4) is 0 Å². The van der Waals surface area contributed by atoms with Crippen molar-refractivity contribution in [3.8, 4) is 11.5 Å². The summed E-state index contributed by atoms with van der Waals surface area (Å²) in [5.74, 6) is 1.06. The average Bonchev–Trinajstić information content (AvgIpc) is 3.33. The number of fused-ring (bicyclic) bond motifs is 1. The van der Waals surface area contributed by atoms with Gasteiger partial charge in [-0.15, -0.1) is 0 Å². The number of ether oxygens (including phenoxy) is 2. The molecular weight excluding hydrogens is 360 g/mol. The summed E-state index contributed by atoms with van der Waals surface area (Å²) < 4.78 is 17.3. The maximum absolute atomic E-state index is 12.8. The van der Waals surface area contributed by atoms with Crippen molar-refractivity contribution in [3.05, 3.63) is 58.6 Å². The minimum Gasteiger partial charge on any atom is -0.497 e. The van der Waals surface area contributed by atoms with Crippen LogP contribution < -0.4 is 15.2 Å². The highest BCUT2D eigenvalue weighted by Crippen LogP contribution is 2.33. The lowest BCUT2D eigenvalue weighted by molar-refractivity contribution is -0.130. The Morgan fingerprint density at radius 1 is 1.14 bits per heavy atom. The third kappa shape index (κ3) is 3.35. The third-order valence-corrected chi connectivity index (χ3v) is 5.25. The lowest BCUT2D eigenvalue weighted by atomic mass is 9.98. The third-order valence-electron chi connectivity index (χ3n) is 5.25. The molecule has 1 amide bonds. The van der Waals surface area contributed by atoms with Crippen molar-refractivity contribution in [2.75, 3.05) is 27.3 Å². The largest absolute Gasteiger partial charge is 0.497 e. The molecule has 0 bridgehead atoms. The van der Waals surface area contributed by atoms with Gasteiger partial charge in [0.25, 0.3) is 0 Å². The smallest absolute Gasteiger partial charge is 0.420 e. The zero-order valence-corrected chi connectivity index (χ0v) is 15.9. The quantitative estimate of drug-likeness (QED) is 0.678. The molecule has 1 atom stereocenters. The van der Waals surface area contributed by atoms with E-state index in [4.69, 9.17) is 13.9 Å². The monoisotopic (exact) mass is 382 g/mol. The van der Waals surface area contributed by atoms with Gasteiger partial charge in [0.15, 0.2) is 5.58 Å². The molecule has 7 nitrogen and oxygen atoms in total. The van der Waals surface area contributed by atoms with Crippen LogP contribution in [0.15, 0.2) is 51.7 Å². The number of carbonyl (C=O) groups is 1. The maximum Gasteiger partial charge on any atom is 0.420 e. The molecule has 1 fully saturated rings. The van der Waals surface area contributed by atoms with E-state index in [-0.39, 0.29) is 18.4 Å². The van der Waals surface area contributed by atoms with Gasteiger partial charge in [-0.05, 0) is 36.2 Å². The molecule has 0 spiro atoms. The number of rotatable bonds is 5. The number of para-hydroxylation sites is 2. The Bertz CT molecular complexity index is 1050. The van der Waals surface area contributed by atoms with Gasteiger partial charge >= 0.3 is 5.76 Å². The number of aromatic nitrogens is 1. The van der Waals surface area contributed by atoms with E-state index in [1.807, 2.05) is 24.3 Å². The van der Waals surface area contributed by atoms with Gasteiger partial charge < -0.3 is 18.8 Å². The maximum atomic E-state index is 12.8. The van der Waals surface area contributed by atoms with Crippen molar-refractivity contribution in [3.63, 3.8) is 0 Å². The van der Waals surface area contributed by atoms with Crippen molar-refractivity contribution in [2.45, 2.75) is 18.9 Å². The number of likely N-dealkylation sites (tertiary alicyclic amines) is 1. The minimum absolute atomic E-state index is 0.0238. The van der Waals surface area contributed by atoms with Gasteiger partial charge in [0.2, 0.25) is 5.91 Å². The molecule has 7 heteroatoms. The molecule has 0 N–H and O–H groups in total. The standard InChI is InChI=1S/C21H22N2O5/c1-26-16-9-15(10-17(11-16)27-2)14-7-8-22(12-14)20(24)13-23-18-5-3-4-6-19(18)28-21(23)25/h3-6,9-11,14H,7-8,12-13H2,1-2H3. The number of hydrogen-bond donors (Lipinski definition) is 0. The van der Waals surface area contributed by atoms with Crippen molar-refractivity contribution in [1.82, 2.24) is 9.47 Å². The van der Waals surface area contributed by atoms with Crippen LogP contribution in [-0.4, -0.2) is 42.7 Å². The highest BCUT2D eigenvalue weighted by atomic mass is 16.5. The van der Waals surface area contributed by atoms with Crippen LogP contribution >= 0.6 is 0 Å². The molecule has 0 saturated carbocycles. The summed E-state index contributed by atoms with van der Waals surface area (Å²) in [6.07, 6.45) is 0.850. The average molecular weight is 382 g/mol. The van der Waals surface area contributed by atoms with Gasteiger partial charge in [-0.1, -0.05) is 12.1 Å². The van der Waals surface area contributed by atoms with E-state index >= 15 is 0 Å². The van der Waals surface area contributed by atoms with Crippen molar-refractivity contribution in [2.24, 2.45) is 0 Å². The molecule has 1 saturated heterocycles. The van der Waals surface area contributed by atoms with Crippen LogP contribution in [0, 0.1) is 0 Å². The summed E-state index contributed by atoms with van der Waals surface area (Å²) in [5.41, 5.74) is 2.20. The molecule has 2 heterocycles. The number of benzene rings is 2. The predicted molar refractivity (Wildman–Crippen MR) is 104 cm³/mol. The SMILES string of the molecule is COc1cc(OC)cc(C2CCN(C(=O)Cn3c(=O)oc4ccccc43)C2)c1. The molecule has 28 heavy (non-hydrogen) atoms. The van der Waals surface area contributed by atoms with Gasteiger partial charge in [0.1, 0.15) is 18.0 Å². The number of carbonyl (C=O) groups excluding carboxylic acids is 1. The molecule has 1 aliphatic rings. The molecule has 3 aromatic rings. The Hall–Kier alpha value is -3.22. The zero-order chi connectivity index (χ0) is 19.7. The molecule has 0 aliphatic carbocycles. The normalized spacial score (nSPS) is 16.5. The first-order chi connectivity index (χ1) is 13.6. The number of oxazole rings is 1. The van der Waals surface area contributed by atoms with Gasteiger partial charge in [-0.2, -0.15) is 0 Å². The lowest BCUT2D eigenvalue weighted by Crippen LogP contribution is -2.34. The Morgan fingerprint density at radius 2 is 1.86 bits per heavy atom. The Balaban J connectivity index is 1.50. The van der Waals surface area contributed by atoms with Gasteiger partial charge in [0, 0.05) is 25.1 Å². The molecule has 1 aromatic heterocycles. The van der Waals surface area contributed by atoms with Crippen LogP contribution in [0.4, 0.5) is 0 Å². The van der Waals surface area contributed by atoms with Crippen molar-refractivity contribution in [1.29, 1.82) is 0 Å². The molecule has 146 valence electrons. The highest BCUT2D eigenvalue weighted by Gasteiger charge is 2.28. The fraction of sp³-hybridized carbons (Fsp3) is 0.333. The Kier molecular flexibility index (Phi) is 4.81. The second-order valence-electron chi connectivity index (χ2n) is 6.89. The Labute approximate surface area is 162 Å². The fourth-order valence-corrected chi connectivity index (χ4v) is 3.72. The van der Waals surface area contributed by atoms with E-state index in [9.17, 15) is 9.59 Å². The summed E-state index contributed by atoms with van der Waals surface area (Å²) >= 11 is 0.